The van der Waals surface area contributed by atoms with E-state index in [1.807, 2.05) is 12.1 Å². The molecule has 0 saturated carbocycles. The molecular formula is C52H70O2Si2. The lowest BCUT2D eigenvalue weighted by molar-refractivity contribution is 0.295. The second-order valence-corrected chi connectivity index (χ2v) is 26.6. The zero-order valence-electron chi connectivity index (χ0n) is 36.3. The van der Waals surface area contributed by atoms with E-state index in [9.17, 15) is 0 Å². The Labute approximate surface area is 345 Å². The van der Waals surface area contributed by atoms with Crippen LogP contribution in [0.4, 0.5) is 0 Å². The molecule has 56 heavy (non-hydrogen) atoms. The monoisotopic (exact) mass is 782 g/mol. The smallest absolute Gasteiger partial charge is 0.136 e. The Bertz CT molecular complexity index is 1710. The van der Waals surface area contributed by atoms with E-state index >= 15 is 0 Å². The molecule has 0 spiro atoms. The predicted octanol–water partition coefficient (Wildman–Crippen LogP) is 14.0. The standard InChI is InChI=1S/C52H70O2Si2/c1-9-11-13-15-17-19-21-23-39-53-51-43-50(36-34-46-27-31-48(32-28-46)38-42-56(6,7)8)52(54-40-24-22-20-18-16-14-12-10-2)44-49(51)35-33-45-25-29-47(30-26-45)37-41-55(3,4)5/h25-32,43-44H,9-24,39-40H2,1-8H3. The summed E-state index contributed by atoms with van der Waals surface area (Å²) in [5.74, 6) is 21.9. The maximum atomic E-state index is 6.52. The van der Waals surface area contributed by atoms with Gasteiger partial charge in [0.15, 0.2) is 0 Å². The molecule has 0 aliphatic rings. The van der Waals surface area contributed by atoms with Gasteiger partial charge in [-0.15, -0.1) is 11.1 Å². The minimum absolute atomic E-state index is 0.652. The summed E-state index contributed by atoms with van der Waals surface area (Å²) in [5, 5.41) is 0. The first-order valence-corrected chi connectivity index (χ1v) is 28.7. The van der Waals surface area contributed by atoms with Crippen molar-refractivity contribution in [2.75, 3.05) is 13.2 Å². The van der Waals surface area contributed by atoms with Crippen LogP contribution in [0.25, 0.3) is 0 Å². The Hall–Kier alpha value is -4.07. The van der Waals surface area contributed by atoms with Crippen molar-refractivity contribution in [3.8, 4) is 58.1 Å². The summed E-state index contributed by atoms with van der Waals surface area (Å²) in [6.45, 7) is 19.4. The molecule has 0 heterocycles. The van der Waals surface area contributed by atoms with Crippen LogP contribution < -0.4 is 9.47 Å². The number of benzene rings is 3. The largest absolute Gasteiger partial charge is 0.492 e. The molecular weight excluding hydrogens is 713 g/mol. The third-order valence-corrected chi connectivity index (χ3v) is 11.0. The molecule has 0 saturated heterocycles. The Morgan fingerprint density at radius 1 is 0.375 bits per heavy atom. The molecule has 0 N–H and O–H groups in total. The SMILES string of the molecule is CCCCCCCCCCOc1cc(C#Cc2ccc(C#C[Si](C)(C)C)cc2)c(OCCCCCCCCCC)cc1C#Cc1ccc(C#C[Si](C)(C)C)cc1. The van der Waals surface area contributed by atoms with Crippen LogP contribution in [-0.2, 0) is 0 Å². The number of rotatable bonds is 20. The topological polar surface area (TPSA) is 18.5 Å². The van der Waals surface area contributed by atoms with Gasteiger partial charge in [0, 0.05) is 34.4 Å². The molecule has 0 atom stereocenters. The normalized spacial score (nSPS) is 10.9. The molecule has 298 valence electrons. The van der Waals surface area contributed by atoms with Crippen LogP contribution in [0.15, 0.2) is 60.7 Å². The second kappa shape index (κ2) is 26.0. The molecule has 0 aromatic heterocycles. The number of ether oxygens (including phenoxy) is 2. The quantitative estimate of drug-likeness (QED) is 0.0646. The van der Waals surface area contributed by atoms with Crippen molar-refractivity contribution in [1.82, 2.24) is 0 Å². The first kappa shape index (κ1) is 46.3. The van der Waals surface area contributed by atoms with Crippen molar-refractivity contribution in [3.63, 3.8) is 0 Å². The number of unbranched alkanes of at least 4 members (excludes halogenated alkanes) is 14. The molecule has 0 amide bonds. The molecule has 3 aromatic rings. The van der Waals surface area contributed by atoms with Crippen LogP contribution in [0.1, 0.15) is 150 Å². The Morgan fingerprint density at radius 2 is 0.661 bits per heavy atom. The molecule has 0 aliphatic heterocycles. The van der Waals surface area contributed by atoms with Gasteiger partial charge in [-0.05, 0) is 61.4 Å². The molecule has 0 radical (unpaired) electrons. The van der Waals surface area contributed by atoms with Crippen molar-refractivity contribution in [1.29, 1.82) is 0 Å². The highest BCUT2D eigenvalue weighted by molar-refractivity contribution is 6.84. The summed E-state index contributed by atoms with van der Waals surface area (Å²) >= 11 is 0. The van der Waals surface area contributed by atoms with Crippen LogP contribution in [-0.4, -0.2) is 29.4 Å². The summed E-state index contributed by atoms with van der Waals surface area (Å²) in [6, 6.07) is 20.6. The van der Waals surface area contributed by atoms with E-state index in [4.69, 9.17) is 9.47 Å². The van der Waals surface area contributed by atoms with E-state index in [0.29, 0.717) is 13.2 Å². The van der Waals surface area contributed by atoms with E-state index in [1.165, 1.54) is 89.9 Å². The summed E-state index contributed by atoms with van der Waals surface area (Å²) in [4.78, 5) is 0. The highest BCUT2D eigenvalue weighted by atomic mass is 28.3. The van der Waals surface area contributed by atoms with Crippen LogP contribution >= 0.6 is 0 Å². The van der Waals surface area contributed by atoms with E-state index < -0.39 is 16.1 Å². The second-order valence-electron chi connectivity index (χ2n) is 17.1. The zero-order valence-corrected chi connectivity index (χ0v) is 38.3. The molecule has 4 heteroatoms. The summed E-state index contributed by atoms with van der Waals surface area (Å²) in [5.41, 5.74) is 12.5. The Balaban J connectivity index is 1.90. The first-order chi connectivity index (χ1) is 27.0. The fourth-order valence-corrected chi connectivity index (χ4v) is 6.94. The highest BCUT2D eigenvalue weighted by Crippen LogP contribution is 2.29. The lowest BCUT2D eigenvalue weighted by atomic mass is 10.1. The minimum atomic E-state index is -1.44. The van der Waals surface area contributed by atoms with Crippen LogP contribution in [0.5, 0.6) is 11.5 Å². The molecule has 3 aromatic carbocycles. The molecule has 0 unspecified atom stereocenters. The average molecular weight is 783 g/mol. The summed E-state index contributed by atoms with van der Waals surface area (Å²) < 4.78 is 13.0. The first-order valence-electron chi connectivity index (χ1n) is 21.7. The third-order valence-electron chi connectivity index (χ3n) is 9.21. The predicted molar refractivity (Wildman–Crippen MR) is 248 cm³/mol. The lowest BCUT2D eigenvalue weighted by Gasteiger charge is -2.14. The van der Waals surface area contributed by atoms with Gasteiger partial charge in [-0.3, -0.25) is 0 Å². The highest BCUT2D eigenvalue weighted by Gasteiger charge is 2.12. The fourth-order valence-electron chi connectivity index (χ4n) is 5.90. The minimum Gasteiger partial charge on any atom is -0.492 e. The zero-order chi connectivity index (χ0) is 40.5. The van der Waals surface area contributed by atoms with Gasteiger partial charge in [0.05, 0.1) is 24.3 Å². The van der Waals surface area contributed by atoms with Crippen molar-refractivity contribution in [2.45, 2.75) is 156 Å². The lowest BCUT2D eigenvalue weighted by Crippen LogP contribution is -2.16. The van der Waals surface area contributed by atoms with Gasteiger partial charge in [-0.2, -0.15) is 0 Å². The van der Waals surface area contributed by atoms with Gasteiger partial charge in [0.25, 0.3) is 0 Å². The molecule has 3 rings (SSSR count). The number of hydrogen-bond donors (Lipinski definition) is 0. The van der Waals surface area contributed by atoms with E-state index in [1.54, 1.807) is 0 Å². The van der Waals surface area contributed by atoms with Crippen LogP contribution in [0.2, 0.25) is 39.3 Å². The van der Waals surface area contributed by atoms with Crippen molar-refractivity contribution >= 4 is 16.1 Å². The molecule has 0 bridgehead atoms. The molecule has 0 aliphatic carbocycles. The van der Waals surface area contributed by atoms with Gasteiger partial charge in [0.1, 0.15) is 27.6 Å². The average Bonchev–Trinajstić information content (AvgIpc) is 3.17. The van der Waals surface area contributed by atoms with E-state index in [0.717, 1.165) is 57.7 Å². The molecule has 0 fully saturated rings. The van der Waals surface area contributed by atoms with Gasteiger partial charge in [-0.25, -0.2) is 0 Å². The van der Waals surface area contributed by atoms with Crippen molar-refractivity contribution in [3.05, 3.63) is 94.0 Å². The van der Waals surface area contributed by atoms with E-state index in [2.05, 4.69) is 148 Å². The van der Waals surface area contributed by atoms with E-state index in [-0.39, 0.29) is 0 Å². The van der Waals surface area contributed by atoms with Crippen molar-refractivity contribution < 1.29 is 9.47 Å². The summed E-state index contributed by atoms with van der Waals surface area (Å²) in [7, 11) is -2.89. The van der Waals surface area contributed by atoms with Gasteiger partial charge in [-0.1, -0.05) is 179 Å². The molecule has 2 nitrogen and oxygen atoms in total. The number of hydrogen-bond acceptors (Lipinski definition) is 2. The van der Waals surface area contributed by atoms with Crippen LogP contribution in [0, 0.1) is 46.6 Å². The van der Waals surface area contributed by atoms with Gasteiger partial charge in [0.2, 0.25) is 0 Å². The Kier molecular flexibility index (Phi) is 21.5. The van der Waals surface area contributed by atoms with Crippen LogP contribution in [0.3, 0.4) is 0 Å². The Morgan fingerprint density at radius 3 is 0.964 bits per heavy atom. The summed E-state index contributed by atoms with van der Waals surface area (Å²) in [6.07, 6.45) is 20.1. The maximum absolute atomic E-state index is 6.52. The van der Waals surface area contributed by atoms with Gasteiger partial charge >= 0.3 is 0 Å². The fraction of sp³-hybridized carbons (Fsp3) is 0.500. The third kappa shape index (κ3) is 20.7. The maximum Gasteiger partial charge on any atom is 0.136 e. The van der Waals surface area contributed by atoms with Crippen molar-refractivity contribution in [2.24, 2.45) is 0 Å². The van der Waals surface area contributed by atoms with Gasteiger partial charge < -0.3 is 9.47 Å².